The van der Waals surface area contributed by atoms with Gasteiger partial charge in [-0.1, -0.05) is 54.6 Å². The molecule has 0 saturated heterocycles. The third-order valence-corrected chi connectivity index (χ3v) is 4.43. The zero-order valence-electron chi connectivity index (χ0n) is 11.7. The molecule has 21 heavy (non-hydrogen) atoms. The summed E-state index contributed by atoms with van der Waals surface area (Å²) in [6, 6.07) is 22.8. The van der Waals surface area contributed by atoms with Crippen molar-refractivity contribution in [2.75, 3.05) is 0 Å². The zero-order chi connectivity index (χ0) is 14.7. The van der Waals surface area contributed by atoms with Gasteiger partial charge in [-0.25, -0.2) is 0 Å². The van der Waals surface area contributed by atoms with Crippen LogP contribution in [-0.2, 0) is 6.42 Å². The molecule has 0 amide bonds. The van der Waals surface area contributed by atoms with E-state index >= 15 is 0 Å². The lowest BCUT2D eigenvalue weighted by molar-refractivity contribution is 0.488. The van der Waals surface area contributed by atoms with Crippen molar-refractivity contribution in [3.05, 3.63) is 71.3 Å². The van der Waals surface area contributed by atoms with Crippen LogP contribution in [0.25, 0.3) is 0 Å². The summed E-state index contributed by atoms with van der Waals surface area (Å²) in [5, 5.41) is 18.8. The average Bonchev–Trinajstić information content (AvgIpc) is 2.97. The van der Waals surface area contributed by atoms with E-state index in [4.69, 9.17) is 0 Å². The van der Waals surface area contributed by atoms with E-state index in [1.54, 1.807) is 0 Å². The van der Waals surface area contributed by atoms with Gasteiger partial charge >= 0.3 is 0 Å². The summed E-state index contributed by atoms with van der Waals surface area (Å²) in [5.41, 5.74) is 3.76. The maximum absolute atomic E-state index is 9.39. The van der Waals surface area contributed by atoms with Crippen LogP contribution in [0.4, 0.5) is 0 Å². The molecule has 0 aromatic heterocycles. The number of hydrogen-bond acceptors (Lipinski definition) is 2. The summed E-state index contributed by atoms with van der Waals surface area (Å²) < 4.78 is 0. The van der Waals surface area contributed by atoms with E-state index in [2.05, 4.69) is 30.3 Å². The molecule has 2 nitrogen and oxygen atoms in total. The molecule has 3 rings (SSSR count). The van der Waals surface area contributed by atoms with Crippen LogP contribution in [0.3, 0.4) is 0 Å². The fourth-order valence-corrected chi connectivity index (χ4v) is 3.48. The smallest absolute Gasteiger partial charge is 0.140 e. The molecule has 1 aliphatic carbocycles. The predicted octanol–water partition coefficient (Wildman–Crippen LogP) is 4.16. The monoisotopic (exact) mass is 272 g/mol. The van der Waals surface area contributed by atoms with Crippen LogP contribution >= 0.6 is 0 Å². The summed E-state index contributed by atoms with van der Waals surface area (Å²) in [7, 11) is 0. The highest BCUT2D eigenvalue weighted by molar-refractivity contribution is 5.40. The Balaban J connectivity index is 2.06. The van der Waals surface area contributed by atoms with E-state index in [-0.39, 0.29) is 11.8 Å². The fraction of sp³-hybridized carbons (Fsp3) is 0.263. The van der Waals surface area contributed by atoms with E-state index in [1.807, 2.05) is 36.4 Å². The van der Waals surface area contributed by atoms with Crippen molar-refractivity contribution in [1.29, 1.82) is 10.5 Å². The van der Waals surface area contributed by atoms with Crippen LogP contribution in [0.2, 0.25) is 0 Å². The lowest BCUT2D eigenvalue weighted by atomic mass is 9.75. The Kier molecular flexibility index (Phi) is 3.71. The Morgan fingerprint density at radius 1 is 0.905 bits per heavy atom. The molecule has 2 unspecified atom stereocenters. The molecule has 102 valence electrons. The van der Waals surface area contributed by atoms with Crippen LogP contribution in [0.15, 0.2) is 54.6 Å². The zero-order valence-corrected chi connectivity index (χ0v) is 11.7. The molecule has 0 heterocycles. The molecule has 0 radical (unpaired) electrons. The van der Waals surface area contributed by atoms with Crippen molar-refractivity contribution in [1.82, 2.24) is 0 Å². The molecule has 2 aromatic rings. The molecular formula is C19H16N2. The number of rotatable bonds is 3. The van der Waals surface area contributed by atoms with Gasteiger partial charge in [0.2, 0.25) is 0 Å². The summed E-state index contributed by atoms with van der Waals surface area (Å²) in [5.74, 6) is -0.402. The lowest BCUT2D eigenvalue weighted by Gasteiger charge is -2.25. The maximum atomic E-state index is 9.39. The molecule has 0 N–H and O–H groups in total. The van der Waals surface area contributed by atoms with Crippen molar-refractivity contribution in [2.45, 2.75) is 24.7 Å². The molecule has 0 bridgehead atoms. The van der Waals surface area contributed by atoms with Crippen LogP contribution < -0.4 is 0 Å². The van der Waals surface area contributed by atoms with E-state index in [1.165, 1.54) is 11.1 Å². The van der Waals surface area contributed by atoms with Gasteiger partial charge in [-0.15, -0.1) is 0 Å². The van der Waals surface area contributed by atoms with E-state index in [9.17, 15) is 10.5 Å². The van der Waals surface area contributed by atoms with Gasteiger partial charge in [-0.3, -0.25) is 0 Å². The second-order valence-corrected chi connectivity index (χ2v) is 5.52. The van der Waals surface area contributed by atoms with Crippen molar-refractivity contribution in [3.8, 4) is 12.1 Å². The standard InChI is InChI=1S/C19H16N2/c20-12-16(13-21)19(15-7-2-1-3-8-15)18-11-10-14-6-4-5-9-17(14)18/h1-9,16,18-19H,10-11H2. The maximum Gasteiger partial charge on any atom is 0.140 e. The number of fused-ring (bicyclic) bond motifs is 1. The SMILES string of the molecule is N#CC(C#N)C(c1ccccc1)C1CCc2ccccc21. The topological polar surface area (TPSA) is 47.6 Å². The highest BCUT2D eigenvalue weighted by atomic mass is 14.4. The highest BCUT2D eigenvalue weighted by Gasteiger charge is 2.35. The molecule has 0 fully saturated rings. The van der Waals surface area contributed by atoms with Crippen molar-refractivity contribution >= 4 is 0 Å². The molecule has 2 atom stereocenters. The highest BCUT2D eigenvalue weighted by Crippen LogP contribution is 2.46. The Morgan fingerprint density at radius 2 is 1.57 bits per heavy atom. The Morgan fingerprint density at radius 3 is 2.29 bits per heavy atom. The Labute approximate surface area is 125 Å². The number of nitriles is 2. The van der Waals surface area contributed by atoms with Crippen LogP contribution in [-0.4, -0.2) is 0 Å². The van der Waals surface area contributed by atoms with Gasteiger partial charge in [0.25, 0.3) is 0 Å². The molecule has 0 saturated carbocycles. The fourth-order valence-electron chi connectivity index (χ4n) is 3.48. The second-order valence-electron chi connectivity index (χ2n) is 5.52. The normalized spacial score (nSPS) is 17.8. The van der Waals surface area contributed by atoms with Gasteiger partial charge in [0, 0.05) is 5.92 Å². The summed E-state index contributed by atoms with van der Waals surface area (Å²) in [6.07, 6.45) is 2.05. The molecule has 2 aromatic carbocycles. The van der Waals surface area contributed by atoms with Gasteiger partial charge in [0.15, 0.2) is 0 Å². The molecule has 1 aliphatic rings. The molecule has 0 spiro atoms. The molecular weight excluding hydrogens is 256 g/mol. The molecule has 0 aliphatic heterocycles. The Hall–Kier alpha value is -2.58. The van der Waals surface area contributed by atoms with Gasteiger partial charge in [-0.2, -0.15) is 10.5 Å². The van der Waals surface area contributed by atoms with Crippen molar-refractivity contribution in [2.24, 2.45) is 5.92 Å². The summed E-state index contributed by atoms with van der Waals surface area (Å²) in [6.45, 7) is 0. The Bertz CT molecular complexity index is 692. The van der Waals surface area contributed by atoms with E-state index in [0.717, 1.165) is 18.4 Å². The summed E-state index contributed by atoms with van der Waals surface area (Å²) in [4.78, 5) is 0. The number of hydrogen-bond donors (Lipinski definition) is 0. The number of aryl methyl sites for hydroxylation is 1. The quantitative estimate of drug-likeness (QED) is 0.842. The van der Waals surface area contributed by atoms with Crippen molar-refractivity contribution in [3.63, 3.8) is 0 Å². The number of nitrogens with zero attached hydrogens (tertiary/aromatic N) is 2. The number of benzene rings is 2. The lowest BCUT2D eigenvalue weighted by Crippen LogP contribution is -2.17. The first kappa shape index (κ1) is 13.4. The minimum atomic E-state index is -0.608. The third-order valence-electron chi connectivity index (χ3n) is 4.43. The summed E-state index contributed by atoms with van der Waals surface area (Å²) >= 11 is 0. The van der Waals surface area contributed by atoms with Crippen LogP contribution in [0.1, 0.15) is 34.9 Å². The minimum Gasteiger partial charge on any atom is -0.197 e. The van der Waals surface area contributed by atoms with Gasteiger partial charge in [0.1, 0.15) is 5.92 Å². The second kappa shape index (κ2) is 5.81. The third kappa shape index (κ3) is 2.41. The largest absolute Gasteiger partial charge is 0.197 e. The van der Waals surface area contributed by atoms with Crippen molar-refractivity contribution < 1.29 is 0 Å². The molecule has 2 heteroatoms. The van der Waals surface area contributed by atoms with Crippen LogP contribution in [0.5, 0.6) is 0 Å². The van der Waals surface area contributed by atoms with E-state index in [0.29, 0.717) is 0 Å². The van der Waals surface area contributed by atoms with E-state index < -0.39 is 5.92 Å². The minimum absolute atomic E-state index is 0.0511. The predicted molar refractivity (Wildman–Crippen MR) is 81.4 cm³/mol. The van der Waals surface area contributed by atoms with Gasteiger partial charge in [0.05, 0.1) is 12.1 Å². The first-order valence-electron chi connectivity index (χ1n) is 7.27. The first-order valence-corrected chi connectivity index (χ1v) is 7.27. The van der Waals surface area contributed by atoms with Gasteiger partial charge < -0.3 is 0 Å². The average molecular weight is 272 g/mol. The van der Waals surface area contributed by atoms with Crippen LogP contribution in [0, 0.1) is 28.6 Å². The first-order chi connectivity index (χ1) is 10.3. The van der Waals surface area contributed by atoms with Gasteiger partial charge in [-0.05, 0) is 35.4 Å².